The summed E-state index contributed by atoms with van der Waals surface area (Å²) in [5.74, 6) is -1.02. The van der Waals surface area contributed by atoms with Crippen LogP contribution in [0.15, 0.2) is 194 Å². The molecule has 0 rings (SSSR count). The van der Waals surface area contributed by atoms with Gasteiger partial charge in [0.2, 0.25) is 0 Å². The molecule has 0 aliphatic rings. The molecule has 0 aliphatic heterocycles. The maximum absolute atomic E-state index is 12.7. The largest absolute Gasteiger partial charge is 0.472 e. The van der Waals surface area contributed by atoms with Gasteiger partial charge in [0.15, 0.2) is 6.10 Å². The first-order valence-corrected chi connectivity index (χ1v) is 29.4. The molecular weight excluding hydrogens is 954 g/mol. The Kier molecular flexibility index (Phi) is 54.1. The monoisotopic (exact) mass is 1050 g/mol. The first kappa shape index (κ1) is 69.8. The van der Waals surface area contributed by atoms with E-state index in [2.05, 4.69) is 190 Å². The number of unbranched alkanes of at least 4 members (excludes halogenated alkanes) is 5. The summed E-state index contributed by atoms with van der Waals surface area (Å²) < 4.78 is 32.8. The van der Waals surface area contributed by atoms with E-state index in [1.807, 2.05) is 12.2 Å². The number of carbonyl (C=O) groups is 2. The van der Waals surface area contributed by atoms with E-state index in [1.54, 1.807) is 6.08 Å². The molecule has 0 fully saturated rings. The number of hydrogen-bond donors (Lipinski definition) is 2. The van der Waals surface area contributed by atoms with Crippen molar-refractivity contribution in [2.24, 2.45) is 5.73 Å². The van der Waals surface area contributed by atoms with Crippen molar-refractivity contribution in [1.29, 1.82) is 0 Å². The Bertz CT molecular complexity index is 1920. The summed E-state index contributed by atoms with van der Waals surface area (Å²) in [6, 6.07) is 0. The average molecular weight is 1050 g/mol. The van der Waals surface area contributed by atoms with Gasteiger partial charge in [-0.2, -0.15) is 0 Å². The minimum absolute atomic E-state index is 0.0272. The van der Waals surface area contributed by atoms with Crippen molar-refractivity contribution in [1.82, 2.24) is 0 Å². The maximum Gasteiger partial charge on any atom is 0.472 e. The third-order valence-electron chi connectivity index (χ3n) is 10.5. The molecule has 9 nitrogen and oxygen atoms in total. The van der Waals surface area contributed by atoms with Crippen molar-refractivity contribution in [2.75, 3.05) is 26.4 Å². The van der Waals surface area contributed by atoms with Gasteiger partial charge in [0, 0.05) is 13.0 Å². The van der Waals surface area contributed by atoms with Gasteiger partial charge in [0.1, 0.15) is 6.61 Å². The summed E-state index contributed by atoms with van der Waals surface area (Å²) in [5, 5.41) is 0. The second kappa shape index (κ2) is 58.1. The highest BCUT2D eigenvalue weighted by Gasteiger charge is 2.25. The SMILES string of the molecule is CC/C=C\C/C=C\C/C=C\C/C=C\C/C=C\C/C=C\C/C=C\C/C=C\C/C=C\C/C=C\C/C=C\CCCCCCCC(=O)OC(COC(=O)C/C=C\C/C=C\C/C=C\C/C=C\C/C=C\CC)COP(=O)(O)OCCN. The Hall–Kier alpha value is -5.15. The molecule has 0 aromatic heterocycles. The zero-order valence-electron chi connectivity index (χ0n) is 46.2. The van der Waals surface area contributed by atoms with E-state index in [4.69, 9.17) is 24.3 Å². The average Bonchev–Trinajstić information content (AvgIpc) is 3.40. The van der Waals surface area contributed by atoms with E-state index >= 15 is 0 Å². The molecule has 0 aromatic rings. The van der Waals surface area contributed by atoms with Crippen LogP contribution in [0.3, 0.4) is 0 Å². The second-order valence-electron chi connectivity index (χ2n) is 17.4. The van der Waals surface area contributed by atoms with E-state index in [0.29, 0.717) is 12.8 Å². The molecule has 0 saturated heterocycles. The van der Waals surface area contributed by atoms with Crippen molar-refractivity contribution >= 4 is 19.8 Å². The zero-order valence-corrected chi connectivity index (χ0v) is 47.1. The maximum atomic E-state index is 12.7. The lowest BCUT2D eigenvalue weighted by atomic mass is 10.1. The molecule has 0 aliphatic carbocycles. The summed E-state index contributed by atoms with van der Waals surface area (Å²) in [4.78, 5) is 35.0. The van der Waals surface area contributed by atoms with Gasteiger partial charge >= 0.3 is 19.8 Å². The standard InChI is InChI=1S/C65H98NO8P/c1-3-5-7-9-11-13-15-17-19-20-21-22-23-24-25-26-27-28-29-30-31-32-33-34-35-36-37-38-39-40-41-42-44-46-48-50-52-54-56-58-65(68)74-63(62-73-75(69,70)72-60-59-66)61-71-64(67)57-55-53-51-49-47-45-43-18-16-14-12-10-8-6-4-2/h5-8,11-14,17-19,21-22,24-25,27-28,30-31,33-34,36-37,39-40,42-44,47,49,53,55,63H,3-4,9-10,15-16,20,23,26,29,32,35,38,41,45-46,48,50-52,54,56-62,66H2,1-2H3,(H,69,70)/b7-5-,8-6-,13-11-,14-12-,19-17-,22-21-,25-24-,28-27-,31-30-,34-33-,37-36-,40-39-,43-18-,44-42-,49-47-,55-53-. The Labute approximate surface area is 456 Å². The van der Waals surface area contributed by atoms with Crippen LogP contribution in [0.4, 0.5) is 0 Å². The van der Waals surface area contributed by atoms with Gasteiger partial charge in [-0.1, -0.05) is 228 Å². The van der Waals surface area contributed by atoms with E-state index in [-0.39, 0.29) is 32.6 Å². The molecule has 2 unspecified atom stereocenters. The van der Waals surface area contributed by atoms with Crippen molar-refractivity contribution in [3.63, 3.8) is 0 Å². The fourth-order valence-corrected chi connectivity index (χ4v) is 7.24. The zero-order chi connectivity index (χ0) is 54.5. The lowest BCUT2D eigenvalue weighted by molar-refractivity contribution is -0.160. The summed E-state index contributed by atoms with van der Waals surface area (Å²) in [6.45, 7) is 3.33. The fourth-order valence-electron chi connectivity index (χ4n) is 6.48. The van der Waals surface area contributed by atoms with Gasteiger partial charge in [-0.3, -0.25) is 18.6 Å². The second-order valence-corrected chi connectivity index (χ2v) is 18.8. The summed E-state index contributed by atoms with van der Waals surface area (Å²) in [6.07, 6.45) is 89.5. The fraction of sp³-hybridized carbons (Fsp3) is 0.477. The Morgan fingerprint density at radius 3 is 1.09 bits per heavy atom. The van der Waals surface area contributed by atoms with Gasteiger partial charge in [-0.25, -0.2) is 4.57 Å². The molecule has 0 amide bonds. The minimum atomic E-state index is -4.42. The highest BCUT2D eigenvalue weighted by atomic mass is 31.2. The topological polar surface area (TPSA) is 134 Å². The van der Waals surface area contributed by atoms with Crippen molar-refractivity contribution < 1.29 is 37.6 Å². The molecule has 10 heteroatoms. The number of allylic oxidation sites excluding steroid dienone is 31. The van der Waals surface area contributed by atoms with Crippen LogP contribution in [0.2, 0.25) is 0 Å². The van der Waals surface area contributed by atoms with E-state index < -0.39 is 32.5 Å². The van der Waals surface area contributed by atoms with Crippen LogP contribution in [0.25, 0.3) is 0 Å². The van der Waals surface area contributed by atoms with Crippen LogP contribution >= 0.6 is 7.82 Å². The molecule has 75 heavy (non-hydrogen) atoms. The van der Waals surface area contributed by atoms with E-state index in [1.165, 1.54) is 0 Å². The van der Waals surface area contributed by atoms with Crippen molar-refractivity contribution in [3.8, 4) is 0 Å². The van der Waals surface area contributed by atoms with Crippen LogP contribution in [0.1, 0.15) is 168 Å². The van der Waals surface area contributed by atoms with Crippen molar-refractivity contribution in [2.45, 2.75) is 174 Å². The summed E-state index contributed by atoms with van der Waals surface area (Å²) in [5.41, 5.74) is 5.36. The molecule has 0 spiro atoms. The van der Waals surface area contributed by atoms with E-state index in [9.17, 15) is 19.0 Å². The van der Waals surface area contributed by atoms with Crippen LogP contribution in [-0.4, -0.2) is 49.3 Å². The lowest BCUT2D eigenvalue weighted by Crippen LogP contribution is -2.29. The quantitative estimate of drug-likeness (QED) is 0.0264. The molecule has 416 valence electrons. The number of carbonyl (C=O) groups excluding carboxylic acids is 2. The molecule has 2 atom stereocenters. The molecular formula is C65H98NO8P. The number of ether oxygens (including phenoxy) is 2. The molecule has 0 bridgehead atoms. The molecule has 3 N–H and O–H groups in total. The Morgan fingerprint density at radius 1 is 0.413 bits per heavy atom. The van der Waals surface area contributed by atoms with E-state index in [0.717, 1.165) is 128 Å². The number of phosphoric acid groups is 1. The third-order valence-corrected chi connectivity index (χ3v) is 11.5. The first-order valence-electron chi connectivity index (χ1n) is 27.9. The smallest absolute Gasteiger partial charge is 0.461 e. The van der Waals surface area contributed by atoms with Crippen LogP contribution in [0.5, 0.6) is 0 Å². The Balaban J connectivity index is 4.14. The predicted molar refractivity (Wildman–Crippen MR) is 320 cm³/mol. The normalized spacial score (nSPS) is 14.6. The summed E-state index contributed by atoms with van der Waals surface area (Å²) in [7, 11) is -4.42. The van der Waals surface area contributed by atoms with Gasteiger partial charge in [0.05, 0.1) is 19.6 Å². The number of esters is 2. The summed E-state index contributed by atoms with van der Waals surface area (Å²) >= 11 is 0. The van der Waals surface area contributed by atoms with Crippen molar-refractivity contribution in [3.05, 3.63) is 194 Å². The molecule has 0 saturated carbocycles. The minimum Gasteiger partial charge on any atom is -0.461 e. The third kappa shape index (κ3) is 58.0. The first-order chi connectivity index (χ1) is 36.8. The van der Waals surface area contributed by atoms with Crippen LogP contribution < -0.4 is 5.73 Å². The Morgan fingerprint density at radius 2 is 0.733 bits per heavy atom. The van der Waals surface area contributed by atoms with Gasteiger partial charge in [-0.15, -0.1) is 0 Å². The van der Waals surface area contributed by atoms with Gasteiger partial charge in [-0.05, 0) is 122 Å². The predicted octanol–water partition coefficient (Wildman–Crippen LogP) is 17.8. The number of nitrogens with two attached hydrogens (primary N) is 1. The lowest BCUT2D eigenvalue weighted by Gasteiger charge is -2.19. The number of phosphoric ester groups is 1. The highest BCUT2D eigenvalue weighted by molar-refractivity contribution is 7.47. The number of rotatable bonds is 49. The molecule has 0 radical (unpaired) electrons. The molecule has 0 aromatic carbocycles. The highest BCUT2D eigenvalue weighted by Crippen LogP contribution is 2.43. The number of hydrogen-bond acceptors (Lipinski definition) is 8. The van der Waals surface area contributed by atoms with Crippen LogP contribution in [-0.2, 0) is 32.7 Å². The van der Waals surface area contributed by atoms with Crippen LogP contribution in [0, 0.1) is 0 Å². The van der Waals surface area contributed by atoms with Gasteiger partial charge in [0.25, 0.3) is 0 Å². The van der Waals surface area contributed by atoms with Gasteiger partial charge < -0.3 is 20.1 Å². The molecule has 0 heterocycles.